The predicted octanol–water partition coefficient (Wildman–Crippen LogP) is 3.92. The van der Waals surface area contributed by atoms with Gasteiger partial charge in [-0.05, 0) is 29.6 Å². The molecule has 104 valence electrons. The Morgan fingerprint density at radius 1 is 1.33 bits per heavy atom. The molecular formula is C15H28N2S. The van der Waals surface area contributed by atoms with Gasteiger partial charge in [0.1, 0.15) is 0 Å². The van der Waals surface area contributed by atoms with Crippen molar-refractivity contribution in [1.82, 2.24) is 5.32 Å². The summed E-state index contributed by atoms with van der Waals surface area (Å²) in [6, 6.07) is 0. The van der Waals surface area contributed by atoms with E-state index in [2.05, 4.69) is 33.0 Å². The van der Waals surface area contributed by atoms with E-state index < -0.39 is 0 Å². The second-order valence-corrected chi connectivity index (χ2v) is 8.23. The lowest BCUT2D eigenvalue weighted by Crippen LogP contribution is -2.37. The van der Waals surface area contributed by atoms with Gasteiger partial charge in [-0.1, -0.05) is 52.3 Å². The molecule has 0 amide bonds. The number of thioether (sulfide) groups is 1. The lowest BCUT2D eigenvalue weighted by molar-refractivity contribution is 0.262. The summed E-state index contributed by atoms with van der Waals surface area (Å²) in [5.74, 6) is 1.95. The first kappa shape index (κ1) is 14.2. The Hall–Kier alpha value is -0.180. The van der Waals surface area contributed by atoms with Crippen LogP contribution in [-0.4, -0.2) is 24.0 Å². The minimum Gasteiger partial charge on any atom is -0.365 e. The van der Waals surface area contributed by atoms with Crippen LogP contribution in [0, 0.1) is 16.7 Å². The molecular weight excluding hydrogens is 240 g/mol. The fourth-order valence-electron chi connectivity index (χ4n) is 2.63. The Morgan fingerprint density at radius 2 is 2.00 bits per heavy atom. The molecule has 0 bridgehead atoms. The highest BCUT2D eigenvalue weighted by molar-refractivity contribution is 8.13. The maximum Gasteiger partial charge on any atom is 0.156 e. The first-order valence-corrected chi connectivity index (χ1v) is 8.31. The van der Waals surface area contributed by atoms with E-state index in [1.807, 2.05) is 11.8 Å². The second kappa shape index (κ2) is 5.44. The summed E-state index contributed by atoms with van der Waals surface area (Å²) in [4.78, 5) is 4.79. The summed E-state index contributed by atoms with van der Waals surface area (Å²) in [5.41, 5.74) is 0.936. The van der Waals surface area contributed by atoms with E-state index in [-0.39, 0.29) is 0 Å². The summed E-state index contributed by atoms with van der Waals surface area (Å²) in [6.45, 7) is 11.3. The van der Waals surface area contributed by atoms with Crippen molar-refractivity contribution in [3.05, 3.63) is 0 Å². The van der Waals surface area contributed by atoms with E-state index in [0.717, 1.165) is 13.1 Å². The normalized spacial score (nSPS) is 25.0. The van der Waals surface area contributed by atoms with Gasteiger partial charge >= 0.3 is 0 Å². The van der Waals surface area contributed by atoms with Crippen LogP contribution in [0.2, 0.25) is 0 Å². The summed E-state index contributed by atoms with van der Waals surface area (Å²) in [5, 5.41) is 4.73. The largest absolute Gasteiger partial charge is 0.365 e. The van der Waals surface area contributed by atoms with Crippen molar-refractivity contribution in [3.8, 4) is 0 Å². The van der Waals surface area contributed by atoms with E-state index in [9.17, 15) is 0 Å². The molecule has 2 rings (SSSR count). The number of amidine groups is 1. The second-order valence-electron chi connectivity index (χ2n) is 7.27. The molecule has 2 aliphatic rings. The van der Waals surface area contributed by atoms with Crippen LogP contribution >= 0.6 is 11.8 Å². The van der Waals surface area contributed by atoms with E-state index in [4.69, 9.17) is 4.99 Å². The molecule has 1 saturated carbocycles. The van der Waals surface area contributed by atoms with E-state index in [1.54, 1.807) is 0 Å². The molecule has 0 saturated heterocycles. The van der Waals surface area contributed by atoms with Crippen LogP contribution in [0.25, 0.3) is 0 Å². The molecule has 1 aliphatic carbocycles. The Balaban J connectivity index is 1.80. The van der Waals surface area contributed by atoms with Crippen molar-refractivity contribution in [1.29, 1.82) is 0 Å². The monoisotopic (exact) mass is 268 g/mol. The minimum atomic E-state index is 0.375. The van der Waals surface area contributed by atoms with Crippen molar-refractivity contribution >= 4 is 16.9 Å². The summed E-state index contributed by atoms with van der Waals surface area (Å²) in [6.07, 6.45) is 5.63. The number of nitrogens with zero attached hydrogens (tertiary/aromatic N) is 1. The maximum atomic E-state index is 4.79. The van der Waals surface area contributed by atoms with Gasteiger partial charge in [-0.3, -0.25) is 4.99 Å². The molecule has 1 fully saturated rings. The molecule has 0 aromatic carbocycles. The Kier molecular flexibility index (Phi) is 4.30. The first-order valence-electron chi connectivity index (χ1n) is 7.32. The van der Waals surface area contributed by atoms with Gasteiger partial charge in [-0.15, -0.1) is 0 Å². The highest BCUT2D eigenvalue weighted by Crippen LogP contribution is 2.43. The van der Waals surface area contributed by atoms with Gasteiger partial charge < -0.3 is 5.32 Å². The average molecular weight is 268 g/mol. The molecule has 18 heavy (non-hydrogen) atoms. The number of hydrogen-bond acceptors (Lipinski definition) is 3. The first-order chi connectivity index (χ1) is 8.41. The van der Waals surface area contributed by atoms with Crippen molar-refractivity contribution in [2.45, 2.75) is 53.4 Å². The van der Waals surface area contributed by atoms with E-state index in [1.165, 1.54) is 36.6 Å². The number of hydrogen-bond donors (Lipinski definition) is 1. The van der Waals surface area contributed by atoms with Crippen LogP contribution in [-0.2, 0) is 0 Å². The SMILES string of the molecule is CC(CNC1=NCC2(CCCC2)CS1)C(C)(C)C. The number of rotatable bonds is 2. The molecule has 3 heteroatoms. The minimum absolute atomic E-state index is 0.375. The van der Waals surface area contributed by atoms with E-state index >= 15 is 0 Å². The predicted molar refractivity (Wildman–Crippen MR) is 82.3 cm³/mol. The number of nitrogens with one attached hydrogen (secondary N) is 1. The Morgan fingerprint density at radius 3 is 2.50 bits per heavy atom. The fraction of sp³-hybridized carbons (Fsp3) is 0.933. The molecule has 1 atom stereocenters. The third kappa shape index (κ3) is 3.43. The molecule has 1 heterocycles. The topological polar surface area (TPSA) is 24.4 Å². The van der Waals surface area contributed by atoms with Gasteiger partial charge in [0.2, 0.25) is 0 Å². The zero-order valence-corrected chi connectivity index (χ0v) is 13.2. The van der Waals surface area contributed by atoms with Crippen molar-refractivity contribution in [2.75, 3.05) is 18.8 Å². The van der Waals surface area contributed by atoms with Gasteiger partial charge in [-0.2, -0.15) is 0 Å². The molecule has 0 aromatic rings. The maximum absolute atomic E-state index is 4.79. The van der Waals surface area contributed by atoms with Crippen LogP contribution in [0.1, 0.15) is 53.4 Å². The molecule has 1 N–H and O–H groups in total. The van der Waals surface area contributed by atoms with Crippen molar-refractivity contribution in [2.24, 2.45) is 21.7 Å². The molecule has 1 aliphatic heterocycles. The van der Waals surface area contributed by atoms with Crippen LogP contribution in [0.4, 0.5) is 0 Å². The van der Waals surface area contributed by atoms with Crippen LogP contribution in [0.5, 0.6) is 0 Å². The molecule has 0 radical (unpaired) electrons. The van der Waals surface area contributed by atoms with Gasteiger partial charge in [0.05, 0.1) is 0 Å². The summed E-state index contributed by atoms with van der Waals surface area (Å²) >= 11 is 1.95. The smallest absolute Gasteiger partial charge is 0.156 e. The highest BCUT2D eigenvalue weighted by atomic mass is 32.2. The zero-order valence-electron chi connectivity index (χ0n) is 12.4. The lowest BCUT2D eigenvalue weighted by atomic mass is 9.82. The van der Waals surface area contributed by atoms with Crippen molar-refractivity contribution in [3.63, 3.8) is 0 Å². The Bertz CT molecular complexity index is 311. The van der Waals surface area contributed by atoms with Crippen LogP contribution in [0.3, 0.4) is 0 Å². The standard InChI is InChI=1S/C15H28N2S/c1-12(14(2,3)4)9-16-13-17-10-15(11-18-13)7-5-6-8-15/h12H,5-11H2,1-4H3,(H,16,17). The van der Waals surface area contributed by atoms with Gasteiger partial charge in [0.15, 0.2) is 5.17 Å². The fourth-order valence-corrected chi connectivity index (χ4v) is 3.80. The quantitative estimate of drug-likeness (QED) is 0.821. The molecule has 0 aromatic heterocycles. The molecule has 2 nitrogen and oxygen atoms in total. The number of aliphatic imine (C=N–C) groups is 1. The third-order valence-electron chi connectivity index (χ3n) is 4.78. The third-order valence-corrected chi connectivity index (χ3v) is 6.08. The van der Waals surface area contributed by atoms with Gasteiger partial charge in [0, 0.05) is 18.8 Å². The molecule has 1 spiro atoms. The van der Waals surface area contributed by atoms with Gasteiger partial charge in [0.25, 0.3) is 0 Å². The summed E-state index contributed by atoms with van der Waals surface area (Å²) < 4.78 is 0. The van der Waals surface area contributed by atoms with Crippen LogP contribution in [0.15, 0.2) is 4.99 Å². The molecule has 1 unspecified atom stereocenters. The Labute approximate surface area is 116 Å². The highest BCUT2D eigenvalue weighted by Gasteiger charge is 2.36. The lowest BCUT2D eigenvalue weighted by Gasteiger charge is -2.32. The van der Waals surface area contributed by atoms with E-state index in [0.29, 0.717) is 16.7 Å². The van der Waals surface area contributed by atoms with Crippen molar-refractivity contribution < 1.29 is 0 Å². The van der Waals surface area contributed by atoms with Crippen LogP contribution < -0.4 is 5.32 Å². The van der Waals surface area contributed by atoms with Gasteiger partial charge in [-0.25, -0.2) is 0 Å². The zero-order chi connectivity index (χ0) is 13.2. The summed E-state index contributed by atoms with van der Waals surface area (Å²) in [7, 11) is 0. The average Bonchev–Trinajstić information content (AvgIpc) is 2.75.